The van der Waals surface area contributed by atoms with Crippen LogP contribution in [0.2, 0.25) is 0 Å². The number of aryl methyl sites for hydroxylation is 1. The van der Waals surface area contributed by atoms with Gasteiger partial charge >= 0.3 is 0 Å². The zero-order valence-electron chi connectivity index (χ0n) is 13.5. The van der Waals surface area contributed by atoms with E-state index in [2.05, 4.69) is 10.2 Å². The molecule has 7 heteroatoms. The Labute approximate surface area is 136 Å². The molecule has 0 radical (unpaired) electrons. The van der Waals surface area contributed by atoms with Crippen LogP contribution in [0.1, 0.15) is 19.3 Å². The average Bonchev–Trinajstić information content (AvgIpc) is 3.06. The summed E-state index contributed by atoms with van der Waals surface area (Å²) >= 11 is 0. The van der Waals surface area contributed by atoms with Gasteiger partial charge in [-0.1, -0.05) is 0 Å². The fourth-order valence-electron chi connectivity index (χ4n) is 2.61. The Balaban J connectivity index is 1.82. The number of amides is 1. The summed E-state index contributed by atoms with van der Waals surface area (Å²) in [5.41, 5.74) is 5.14. The first-order valence-corrected chi connectivity index (χ1v) is 8.22. The quantitative estimate of drug-likeness (QED) is 0.656. The Morgan fingerprint density at radius 2 is 2.09 bits per heavy atom. The van der Waals surface area contributed by atoms with E-state index in [1.807, 2.05) is 0 Å². The molecule has 1 amide bonds. The van der Waals surface area contributed by atoms with Gasteiger partial charge in [-0.2, -0.15) is 0 Å². The highest BCUT2D eigenvalue weighted by molar-refractivity contribution is 5.75. The minimum atomic E-state index is -0.194. The molecule has 23 heavy (non-hydrogen) atoms. The molecule has 0 aliphatic carbocycles. The molecular formula is C16H26N4O3. The van der Waals surface area contributed by atoms with Crippen LogP contribution in [0.3, 0.4) is 0 Å². The highest BCUT2D eigenvalue weighted by atomic mass is 16.5. The van der Waals surface area contributed by atoms with Gasteiger partial charge in [0.25, 0.3) is 5.56 Å². The van der Waals surface area contributed by atoms with Crippen molar-refractivity contribution in [2.75, 3.05) is 39.3 Å². The van der Waals surface area contributed by atoms with Gasteiger partial charge in [-0.15, -0.1) is 0 Å². The van der Waals surface area contributed by atoms with Crippen molar-refractivity contribution >= 4 is 5.91 Å². The Morgan fingerprint density at radius 3 is 2.83 bits per heavy atom. The largest absolute Gasteiger partial charge is 0.487 e. The fourth-order valence-corrected chi connectivity index (χ4v) is 2.61. The van der Waals surface area contributed by atoms with Gasteiger partial charge in [-0.25, -0.2) is 0 Å². The third-order valence-corrected chi connectivity index (χ3v) is 3.90. The van der Waals surface area contributed by atoms with Crippen molar-refractivity contribution in [2.24, 2.45) is 5.73 Å². The second kappa shape index (κ2) is 9.32. The second-order valence-corrected chi connectivity index (χ2v) is 5.66. The third kappa shape index (κ3) is 5.69. The van der Waals surface area contributed by atoms with E-state index in [-0.39, 0.29) is 17.9 Å². The molecule has 0 saturated carbocycles. The number of nitrogens with one attached hydrogen (secondary N) is 1. The lowest BCUT2D eigenvalue weighted by Gasteiger charge is -2.15. The molecule has 0 bridgehead atoms. The van der Waals surface area contributed by atoms with Crippen LogP contribution in [0.4, 0.5) is 0 Å². The second-order valence-electron chi connectivity index (χ2n) is 5.66. The van der Waals surface area contributed by atoms with Crippen LogP contribution >= 0.6 is 0 Å². The standard InChI is InChI=1S/C16H26N4O3/c17-6-7-18-15(21)5-11-20-10-3-4-14(16(20)22)23-13-12-19-8-1-2-9-19/h3-4,10H,1-2,5-9,11-13,17H2,(H,18,21). The highest BCUT2D eigenvalue weighted by Gasteiger charge is 2.12. The number of likely N-dealkylation sites (tertiary alicyclic amines) is 1. The molecule has 2 heterocycles. The summed E-state index contributed by atoms with van der Waals surface area (Å²) in [4.78, 5) is 26.2. The van der Waals surface area contributed by atoms with Crippen molar-refractivity contribution in [1.29, 1.82) is 0 Å². The van der Waals surface area contributed by atoms with E-state index in [0.717, 1.165) is 19.6 Å². The van der Waals surface area contributed by atoms with E-state index in [0.29, 0.717) is 32.0 Å². The molecule has 2 rings (SSSR count). The summed E-state index contributed by atoms with van der Waals surface area (Å²) in [5.74, 6) is 0.233. The van der Waals surface area contributed by atoms with Gasteiger partial charge in [-0.3, -0.25) is 14.5 Å². The van der Waals surface area contributed by atoms with Crippen molar-refractivity contribution in [3.8, 4) is 5.75 Å². The summed E-state index contributed by atoms with van der Waals surface area (Å²) in [6, 6.07) is 3.45. The van der Waals surface area contributed by atoms with Crippen LogP contribution in [0.5, 0.6) is 5.75 Å². The van der Waals surface area contributed by atoms with E-state index in [1.54, 1.807) is 18.3 Å². The molecule has 0 unspecified atom stereocenters. The molecule has 1 aromatic heterocycles. The molecule has 3 N–H and O–H groups in total. The number of hydrogen-bond acceptors (Lipinski definition) is 5. The van der Waals surface area contributed by atoms with Gasteiger partial charge in [0, 0.05) is 38.8 Å². The summed E-state index contributed by atoms with van der Waals surface area (Å²) in [6.45, 7) is 4.77. The van der Waals surface area contributed by atoms with Crippen LogP contribution in [0.25, 0.3) is 0 Å². The number of nitrogens with two attached hydrogens (primary N) is 1. The van der Waals surface area contributed by atoms with Gasteiger partial charge in [0.05, 0.1) is 0 Å². The molecule has 7 nitrogen and oxygen atoms in total. The number of carbonyl (C=O) groups excluding carboxylic acids is 1. The smallest absolute Gasteiger partial charge is 0.292 e. The predicted molar refractivity (Wildman–Crippen MR) is 88.6 cm³/mol. The molecule has 1 saturated heterocycles. The maximum atomic E-state index is 12.3. The van der Waals surface area contributed by atoms with Crippen molar-refractivity contribution < 1.29 is 9.53 Å². The summed E-state index contributed by atoms with van der Waals surface area (Å²) in [7, 11) is 0. The zero-order chi connectivity index (χ0) is 16.5. The van der Waals surface area contributed by atoms with Crippen molar-refractivity contribution in [1.82, 2.24) is 14.8 Å². The first-order chi connectivity index (χ1) is 11.2. The Morgan fingerprint density at radius 1 is 1.30 bits per heavy atom. The fraction of sp³-hybridized carbons (Fsp3) is 0.625. The van der Waals surface area contributed by atoms with Gasteiger partial charge in [-0.05, 0) is 38.1 Å². The van der Waals surface area contributed by atoms with Crippen LogP contribution in [0.15, 0.2) is 23.1 Å². The zero-order valence-corrected chi connectivity index (χ0v) is 13.5. The highest BCUT2D eigenvalue weighted by Crippen LogP contribution is 2.07. The first kappa shape index (κ1) is 17.5. The first-order valence-electron chi connectivity index (χ1n) is 8.22. The maximum Gasteiger partial charge on any atom is 0.292 e. The molecular weight excluding hydrogens is 296 g/mol. The SMILES string of the molecule is NCCNC(=O)CCn1cccc(OCCN2CCCC2)c1=O. The average molecular weight is 322 g/mol. The normalized spacial score (nSPS) is 14.8. The van der Waals surface area contributed by atoms with Gasteiger partial charge < -0.3 is 20.4 Å². The molecule has 0 atom stereocenters. The van der Waals surface area contributed by atoms with E-state index in [9.17, 15) is 9.59 Å². The van der Waals surface area contributed by atoms with Gasteiger partial charge in [0.15, 0.2) is 5.75 Å². The Kier molecular flexibility index (Phi) is 7.09. The third-order valence-electron chi connectivity index (χ3n) is 3.90. The topological polar surface area (TPSA) is 89.6 Å². The maximum absolute atomic E-state index is 12.3. The monoisotopic (exact) mass is 322 g/mol. The van der Waals surface area contributed by atoms with Crippen molar-refractivity contribution in [3.63, 3.8) is 0 Å². The summed E-state index contributed by atoms with van der Waals surface area (Å²) in [5, 5.41) is 2.69. The summed E-state index contributed by atoms with van der Waals surface area (Å²) in [6.07, 6.45) is 4.40. The minimum Gasteiger partial charge on any atom is -0.487 e. The predicted octanol–water partition coefficient (Wildman–Crippen LogP) is -0.212. The summed E-state index contributed by atoms with van der Waals surface area (Å²) < 4.78 is 7.13. The van der Waals surface area contributed by atoms with Crippen LogP contribution in [-0.4, -0.2) is 54.7 Å². The molecule has 1 aliphatic heterocycles. The number of hydrogen-bond donors (Lipinski definition) is 2. The molecule has 1 fully saturated rings. The van der Waals surface area contributed by atoms with E-state index >= 15 is 0 Å². The molecule has 0 aromatic carbocycles. The van der Waals surface area contributed by atoms with E-state index < -0.39 is 0 Å². The molecule has 0 spiro atoms. The minimum absolute atomic E-state index is 0.109. The number of carbonyl (C=O) groups is 1. The molecule has 1 aromatic rings. The van der Waals surface area contributed by atoms with Crippen molar-refractivity contribution in [2.45, 2.75) is 25.8 Å². The van der Waals surface area contributed by atoms with E-state index in [4.69, 9.17) is 10.5 Å². The lowest BCUT2D eigenvalue weighted by atomic mass is 10.3. The van der Waals surface area contributed by atoms with Crippen LogP contribution in [-0.2, 0) is 11.3 Å². The Hall–Kier alpha value is -1.86. The lowest BCUT2D eigenvalue weighted by molar-refractivity contribution is -0.121. The number of nitrogens with zero attached hydrogens (tertiary/aromatic N) is 2. The molecule has 1 aliphatic rings. The number of aromatic nitrogens is 1. The van der Waals surface area contributed by atoms with Gasteiger partial charge in [0.1, 0.15) is 6.61 Å². The Bertz CT molecular complexity index is 553. The lowest BCUT2D eigenvalue weighted by Crippen LogP contribution is -2.31. The number of rotatable bonds is 9. The molecule has 128 valence electrons. The van der Waals surface area contributed by atoms with Crippen LogP contribution in [0, 0.1) is 0 Å². The van der Waals surface area contributed by atoms with E-state index in [1.165, 1.54) is 17.4 Å². The van der Waals surface area contributed by atoms with Gasteiger partial charge in [0.2, 0.25) is 5.91 Å². The number of ether oxygens (including phenoxy) is 1. The van der Waals surface area contributed by atoms with Crippen molar-refractivity contribution in [3.05, 3.63) is 28.7 Å². The number of pyridine rings is 1. The van der Waals surface area contributed by atoms with Crippen LogP contribution < -0.4 is 21.3 Å².